The number of aliphatic hydroxyl groups excluding tert-OH is 1. The number of rotatable bonds is 4. The Morgan fingerprint density at radius 2 is 2.00 bits per heavy atom. The van der Waals surface area contributed by atoms with Crippen LogP contribution < -0.4 is 10.6 Å². The maximum Gasteiger partial charge on any atom is 0.251 e. The molecule has 1 aliphatic rings. The third-order valence-electron chi connectivity index (χ3n) is 3.76. The van der Waals surface area contributed by atoms with Gasteiger partial charge in [-0.05, 0) is 35.4 Å². The molecule has 23 heavy (non-hydrogen) atoms. The van der Waals surface area contributed by atoms with E-state index in [0.29, 0.717) is 22.7 Å². The minimum absolute atomic E-state index is 0.0769. The highest BCUT2D eigenvalue weighted by Crippen LogP contribution is 2.24. The molecule has 0 saturated heterocycles. The van der Waals surface area contributed by atoms with Crippen LogP contribution >= 0.6 is 11.6 Å². The van der Waals surface area contributed by atoms with Gasteiger partial charge in [0.2, 0.25) is 5.91 Å². The van der Waals surface area contributed by atoms with E-state index in [2.05, 4.69) is 10.6 Å². The zero-order valence-corrected chi connectivity index (χ0v) is 12.9. The highest BCUT2D eigenvalue weighted by atomic mass is 35.5. The molecular weight excluding hydrogens is 316 g/mol. The van der Waals surface area contributed by atoms with Gasteiger partial charge in [0.1, 0.15) is 0 Å². The molecule has 3 N–H and O–H groups in total. The molecule has 0 saturated carbocycles. The molecule has 0 aromatic heterocycles. The number of fused-ring (bicyclic) bond motifs is 1. The van der Waals surface area contributed by atoms with Crippen LogP contribution in [0.5, 0.6) is 0 Å². The van der Waals surface area contributed by atoms with E-state index in [9.17, 15) is 14.7 Å². The molecule has 0 aliphatic carbocycles. The maximum absolute atomic E-state index is 12.4. The van der Waals surface area contributed by atoms with Crippen molar-refractivity contribution in [2.45, 2.75) is 12.5 Å². The van der Waals surface area contributed by atoms with Crippen molar-refractivity contribution in [2.24, 2.45) is 0 Å². The van der Waals surface area contributed by atoms with Gasteiger partial charge >= 0.3 is 0 Å². The SMILES string of the molecule is O=C1Cc2ccc(C(=O)N[C@H](CO)c3ccc(Cl)cc3)cc2N1. The molecule has 2 aromatic rings. The zero-order valence-electron chi connectivity index (χ0n) is 12.2. The van der Waals surface area contributed by atoms with E-state index in [4.69, 9.17) is 11.6 Å². The second kappa shape index (κ2) is 6.40. The first-order valence-electron chi connectivity index (χ1n) is 7.17. The Kier molecular flexibility index (Phi) is 4.32. The Morgan fingerprint density at radius 3 is 2.70 bits per heavy atom. The maximum atomic E-state index is 12.4. The molecule has 118 valence electrons. The molecule has 0 unspecified atom stereocenters. The summed E-state index contributed by atoms with van der Waals surface area (Å²) in [7, 11) is 0. The normalized spacial score (nSPS) is 14.1. The largest absolute Gasteiger partial charge is 0.394 e. The van der Waals surface area contributed by atoms with Gasteiger partial charge in [-0.1, -0.05) is 29.8 Å². The van der Waals surface area contributed by atoms with Crippen LogP contribution in [0.4, 0.5) is 5.69 Å². The number of halogens is 1. The minimum atomic E-state index is -0.525. The smallest absolute Gasteiger partial charge is 0.251 e. The van der Waals surface area contributed by atoms with E-state index in [-0.39, 0.29) is 18.4 Å². The van der Waals surface area contributed by atoms with Crippen LogP contribution in [-0.2, 0) is 11.2 Å². The first-order chi connectivity index (χ1) is 11.1. The van der Waals surface area contributed by atoms with Crippen LogP contribution in [0.25, 0.3) is 0 Å². The molecule has 2 aromatic carbocycles. The summed E-state index contributed by atoms with van der Waals surface area (Å²) in [6.45, 7) is -0.227. The molecule has 5 nitrogen and oxygen atoms in total. The average molecular weight is 331 g/mol. The van der Waals surface area contributed by atoms with E-state index in [1.54, 1.807) is 42.5 Å². The van der Waals surface area contributed by atoms with E-state index in [1.807, 2.05) is 0 Å². The number of benzene rings is 2. The molecule has 6 heteroatoms. The van der Waals surface area contributed by atoms with Crippen molar-refractivity contribution in [3.05, 3.63) is 64.2 Å². The predicted octanol–water partition coefficient (Wildman–Crippen LogP) is 2.30. The highest BCUT2D eigenvalue weighted by molar-refractivity contribution is 6.30. The third-order valence-corrected chi connectivity index (χ3v) is 4.01. The highest BCUT2D eigenvalue weighted by Gasteiger charge is 2.20. The van der Waals surface area contributed by atoms with E-state index >= 15 is 0 Å². The topological polar surface area (TPSA) is 78.4 Å². The van der Waals surface area contributed by atoms with Gasteiger partial charge in [0.25, 0.3) is 5.91 Å². The van der Waals surface area contributed by atoms with Gasteiger partial charge in [0, 0.05) is 16.3 Å². The first-order valence-corrected chi connectivity index (χ1v) is 7.54. The first kappa shape index (κ1) is 15.5. The minimum Gasteiger partial charge on any atom is -0.394 e. The Morgan fingerprint density at radius 1 is 1.26 bits per heavy atom. The quantitative estimate of drug-likeness (QED) is 0.805. The Labute approximate surface area is 138 Å². The number of hydrogen-bond donors (Lipinski definition) is 3. The number of hydrogen-bond acceptors (Lipinski definition) is 3. The molecule has 1 atom stereocenters. The van der Waals surface area contributed by atoms with Crippen molar-refractivity contribution in [3.8, 4) is 0 Å². The van der Waals surface area contributed by atoms with Crippen LogP contribution in [0.15, 0.2) is 42.5 Å². The summed E-state index contributed by atoms with van der Waals surface area (Å²) < 4.78 is 0. The van der Waals surface area contributed by atoms with Crippen LogP contribution in [0, 0.1) is 0 Å². The van der Waals surface area contributed by atoms with Crippen molar-refractivity contribution in [1.29, 1.82) is 0 Å². The van der Waals surface area contributed by atoms with Crippen molar-refractivity contribution < 1.29 is 14.7 Å². The van der Waals surface area contributed by atoms with E-state index < -0.39 is 6.04 Å². The van der Waals surface area contributed by atoms with Gasteiger partial charge in [0.15, 0.2) is 0 Å². The van der Waals surface area contributed by atoms with Crippen LogP contribution in [-0.4, -0.2) is 23.5 Å². The second-order valence-corrected chi connectivity index (χ2v) is 5.79. The Hall–Kier alpha value is -2.37. The van der Waals surface area contributed by atoms with Gasteiger partial charge in [-0.2, -0.15) is 0 Å². The number of carbonyl (C=O) groups excluding carboxylic acids is 2. The van der Waals surface area contributed by atoms with E-state index in [0.717, 1.165) is 11.1 Å². The number of carbonyl (C=O) groups is 2. The molecule has 0 radical (unpaired) electrons. The van der Waals surface area contributed by atoms with Crippen LogP contribution in [0.2, 0.25) is 5.02 Å². The molecule has 0 fully saturated rings. The molecule has 3 rings (SSSR count). The summed E-state index contributed by atoms with van der Waals surface area (Å²) in [5.74, 6) is -0.394. The van der Waals surface area contributed by atoms with Gasteiger partial charge in [-0.15, -0.1) is 0 Å². The molecule has 0 bridgehead atoms. The number of amides is 2. The lowest BCUT2D eigenvalue weighted by molar-refractivity contribution is -0.115. The molecular formula is C17H15ClN2O3. The molecule has 0 spiro atoms. The lowest BCUT2D eigenvalue weighted by Gasteiger charge is -2.17. The summed E-state index contributed by atoms with van der Waals surface area (Å²) in [5, 5.41) is 15.6. The van der Waals surface area contributed by atoms with Crippen molar-refractivity contribution in [3.63, 3.8) is 0 Å². The standard InChI is InChI=1S/C17H15ClN2O3/c18-13-5-3-10(4-6-13)15(9-21)20-17(23)12-2-1-11-8-16(22)19-14(11)7-12/h1-7,15,21H,8-9H2,(H,19,22)(H,20,23)/t15-/m1/s1. The fourth-order valence-corrected chi connectivity index (χ4v) is 2.65. The number of anilines is 1. The van der Waals surface area contributed by atoms with Gasteiger partial charge in [-0.3, -0.25) is 9.59 Å². The number of aliphatic hydroxyl groups is 1. The van der Waals surface area contributed by atoms with Gasteiger partial charge in [-0.25, -0.2) is 0 Å². The molecule has 2 amide bonds. The Bertz CT molecular complexity index is 759. The monoisotopic (exact) mass is 330 g/mol. The van der Waals surface area contributed by atoms with Crippen LogP contribution in [0.1, 0.15) is 27.5 Å². The summed E-state index contributed by atoms with van der Waals surface area (Å²) in [6, 6.07) is 11.5. The zero-order chi connectivity index (χ0) is 16.4. The van der Waals surface area contributed by atoms with Gasteiger partial charge < -0.3 is 15.7 Å². The van der Waals surface area contributed by atoms with Crippen molar-refractivity contribution in [2.75, 3.05) is 11.9 Å². The van der Waals surface area contributed by atoms with Crippen LogP contribution in [0.3, 0.4) is 0 Å². The third kappa shape index (κ3) is 3.36. The number of nitrogens with one attached hydrogen (secondary N) is 2. The van der Waals surface area contributed by atoms with Crippen molar-refractivity contribution in [1.82, 2.24) is 5.32 Å². The molecule has 1 aliphatic heterocycles. The summed E-state index contributed by atoms with van der Waals surface area (Å²) in [6.07, 6.45) is 0.335. The fourth-order valence-electron chi connectivity index (χ4n) is 2.53. The van der Waals surface area contributed by atoms with E-state index in [1.165, 1.54) is 0 Å². The Balaban J connectivity index is 1.76. The summed E-state index contributed by atoms with van der Waals surface area (Å²) >= 11 is 5.84. The van der Waals surface area contributed by atoms with Crippen molar-refractivity contribution >= 4 is 29.1 Å². The predicted molar refractivity (Wildman–Crippen MR) is 87.5 cm³/mol. The lowest BCUT2D eigenvalue weighted by atomic mass is 10.1. The average Bonchev–Trinajstić information content (AvgIpc) is 2.92. The molecule has 1 heterocycles. The second-order valence-electron chi connectivity index (χ2n) is 5.36. The fraction of sp³-hybridized carbons (Fsp3) is 0.176. The van der Waals surface area contributed by atoms with Gasteiger partial charge in [0.05, 0.1) is 19.1 Å². The lowest BCUT2D eigenvalue weighted by Crippen LogP contribution is -2.30. The summed E-state index contributed by atoms with van der Waals surface area (Å²) in [5.41, 5.74) is 2.73. The summed E-state index contributed by atoms with van der Waals surface area (Å²) in [4.78, 5) is 23.7.